The summed E-state index contributed by atoms with van der Waals surface area (Å²) in [6.45, 7) is 1.18. The summed E-state index contributed by atoms with van der Waals surface area (Å²) in [6.07, 6.45) is 0.0192. The summed E-state index contributed by atoms with van der Waals surface area (Å²) in [7, 11) is 1.53. The lowest BCUT2D eigenvalue weighted by molar-refractivity contribution is 0.0594. The summed E-state index contributed by atoms with van der Waals surface area (Å²) in [4.78, 5) is 0. The Morgan fingerprint density at radius 2 is 2.33 bits per heavy atom. The Hall–Kier alpha value is -1.48. The molecule has 98 valence electrons. The van der Waals surface area contributed by atoms with Gasteiger partial charge in [0.2, 0.25) is 0 Å². The van der Waals surface area contributed by atoms with Gasteiger partial charge in [-0.05, 0) is 31.2 Å². The number of nitrogens with one attached hydrogen (secondary N) is 1. The van der Waals surface area contributed by atoms with Crippen molar-refractivity contribution in [1.29, 1.82) is 5.26 Å². The first-order valence-electron chi connectivity index (χ1n) is 5.73. The molecule has 0 aliphatic carbocycles. The number of methoxy groups -OCH3 is 1. The quantitative estimate of drug-likeness (QED) is 0.715. The summed E-state index contributed by atoms with van der Waals surface area (Å²) in [5, 5.41) is 21.1. The number of ether oxygens (including phenoxy) is 1. The Morgan fingerprint density at radius 1 is 1.56 bits per heavy atom. The maximum atomic E-state index is 13.4. The van der Waals surface area contributed by atoms with Crippen LogP contribution < -0.4 is 5.32 Å². The summed E-state index contributed by atoms with van der Waals surface area (Å²) >= 11 is 0. The molecule has 0 saturated heterocycles. The molecule has 0 amide bonds. The molecule has 0 bridgehead atoms. The number of aliphatic hydroxyl groups excluding tert-OH is 1. The second-order valence-corrected chi connectivity index (χ2v) is 3.99. The standard InChI is InChI=1S/C13H17FN2O2/c1-18-9-12(17)4-5-16-8-11-6-10(7-15)2-3-13(11)14/h2-3,6,12,16-17H,4-5,8-9H2,1H3. The number of hydrogen-bond donors (Lipinski definition) is 2. The van der Waals surface area contributed by atoms with E-state index in [0.29, 0.717) is 37.2 Å². The fraction of sp³-hybridized carbons (Fsp3) is 0.462. The zero-order chi connectivity index (χ0) is 13.4. The van der Waals surface area contributed by atoms with Crippen LogP contribution in [0.3, 0.4) is 0 Å². The minimum Gasteiger partial charge on any atom is -0.391 e. The fourth-order valence-electron chi connectivity index (χ4n) is 1.55. The van der Waals surface area contributed by atoms with E-state index in [4.69, 9.17) is 10.00 Å². The van der Waals surface area contributed by atoms with Crippen LogP contribution in [-0.4, -0.2) is 31.5 Å². The van der Waals surface area contributed by atoms with Crippen molar-refractivity contribution in [2.24, 2.45) is 0 Å². The number of hydrogen-bond acceptors (Lipinski definition) is 4. The van der Waals surface area contributed by atoms with Gasteiger partial charge < -0.3 is 15.2 Å². The average Bonchev–Trinajstić information content (AvgIpc) is 2.37. The van der Waals surface area contributed by atoms with Crippen LogP contribution in [-0.2, 0) is 11.3 Å². The first kappa shape index (κ1) is 14.6. The highest BCUT2D eigenvalue weighted by atomic mass is 19.1. The van der Waals surface area contributed by atoms with Crippen LogP contribution in [0.1, 0.15) is 17.5 Å². The minimum absolute atomic E-state index is 0.292. The lowest BCUT2D eigenvalue weighted by Crippen LogP contribution is -2.23. The summed E-state index contributed by atoms with van der Waals surface area (Å²) < 4.78 is 18.2. The zero-order valence-electron chi connectivity index (χ0n) is 10.3. The van der Waals surface area contributed by atoms with Gasteiger partial charge >= 0.3 is 0 Å². The topological polar surface area (TPSA) is 65.3 Å². The van der Waals surface area contributed by atoms with Gasteiger partial charge in [0.1, 0.15) is 5.82 Å². The second kappa shape index (κ2) is 7.77. The maximum Gasteiger partial charge on any atom is 0.127 e. The molecule has 0 spiro atoms. The van der Waals surface area contributed by atoms with E-state index < -0.39 is 6.10 Å². The first-order chi connectivity index (χ1) is 8.67. The lowest BCUT2D eigenvalue weighted by Gasteiger charge is -2.10. The maximum absolute atomic E-state index is 13.4. The van der Waals surface area contributed by atoms with Gasteiger partial charge in [0.15, 0.2) is 0 Å². The number of rotatable bonds is 7. The second-order valence-electron chi connectivity index (χ2n) is 3.99. The van der Waals surface area contributed by atoms with Gasteiger partial charge in [-0.1, -0.05) is 0 Å². The van der Waals surface area contributed by atoms with Crippen LogP contribution in [0.4, 0.5) is 4.39 Å². The number of halogens is 1. The molecule has 0 radical (unpaired) electrons. The van der Waals surface area contributed by atoms with Crippen LogP contribution in [0, 0.1) is 17.1 Å². The van der Waals surface area contributed by atoms with E-state index in [1.807, 2.05) is 6.07 Å². The summed E-state index contributed by atoms with van der Waals surface area (Å²) in [5.41, 5.74) is 0.892. The molecule has 0 fully saturated rings. The molecule has 0 aliphatic rings. The third-order valence-electron chi connectivity index (χ3n) is 2.50. The molecule has 2 N–H and O–H groups in total. The van der Waals surface area contributed by atoms with Crippen molar-refractivity contribution >= 4 is 0 Å². The fourth-order valence-corrected chi connectivity index (χ4v) is 1.55. The monoisotopic (exact) mass is 252 g/mol. The smallest absolute Gasteiger partial charge is 0.127 e. The third kappa shape index (κ3) is 4.80. The third-order valence-corrected chi connectivity index (χ3v) is 2.50. The van der Waals surface area contributed by atoms with E-state index in [0.717, 1.165) is 0 Å². The van der Waals surface area contributed by atoms with Crippen LogP contribution >= 0.6 is 0 Å². The Labute approximate surface area is 106 Å². The highest BCUT2D eigenvalue weighted by molar-refractivity contribution is 5.33. The zero-order valence-corrected chi connectivity index (χ0v) is 10.3. The summed E-state index contributed by atoms with van der Waals surface area (Å²) in [6, 6.07) is 6.22. The molecule has 0 heterocycles. The van der Waals surface area contributed by atoms with Crippen LogP contribution in [0.25, 0.3) is 0 Å². The number of aliphatic hydroxyl groups is 1. The Bertz CT molecular complexity index is 418. The molecular weight excluding hydrogens is 235 g/mol. The highest BCUT2D eigenvalue weighted by Gasteiger charge is 2.05. The van der Waals surface area contributed by atoms with Gasteiger partial charge in [-0.15, -0.1) is 0 Å². The van der Waals surface area contributed by atoms with E-state index in [9.17, 15) is 9.50 Å². The SMILES string of the molecule is COCC(O)CCNCc1cc(C#N)ccc1F. The van der Waals surface area contributed by atoms with Gasteiger partial charge in [-0.3, -0.25) is 0 Å². The molecule has 0 aliphatic heterocycles. The van der Waals surface area contributed by atoms with Gasteiger partial charge in [0, 0.05) is 19.2 Å². The van der Waals surface area contributed by atoms with E-state index in [1.54, 1.807) is 0 Å². The molecule has 0 saturated carbocycles. The van der Waals surface area contributed by atoms with E-state index >= 15 is 0 Å². The molecule has 4 nitrogen and oxygen atoms in total. The van der Waals surface area contributed by atoms with Crippen molar-refractivity contribution in [2.45, 2.75) is 19.1 Å². The van der Waals surface area contributed by atoms with Crippen molar-refractivity contribution in [3.05, 3.63) is 35.1 Å². The van der Waals surface area contributed by atoms with E-state index in [2.05, 4.69) is 5.32 Å². The van der Waals surface area contributed by atoms with Crippen molar-refractivity contribution in [2.75, 3.05) is 20.3 Å². The highest BCUT2D eigenvalue weighted by Crippen LogP contribution is 2.09. The van der Waals surface area contributed by atoms with E-state index in [1.165, 1.54) is 25.3 Å². The molecule has 0 aromatic heterocycles. The van der Waals surface area contributed by atoms with Crippen LogP contribution in [0.2, 0.25) is 0 Å². The van der Waals surface area contributed by atoms with Gasteiger partial charge in [0.05, 0.1) is 24.3 Å². The minimum atomic E-state index is -0.516. The van der Waals surface area contributed by atoms with Crippen LogP contribution in [0.15, 0.2) is 18.2 Å². The predicted molar refractivity (Wildman–Crippen MR) is 65.3 cm³/mol. The van der Waals surface area contributed by atoms with E-state index in [-0.39, 0.29) is 5.82 Å². The average molecular weight is 252 g/mol. The van der Waals surface area contributed by atoms with Crippen molar-refractivity contribution in [1.82, 2.24) is 5.32 Å². The molecule has 1 atom stereocenters. The number of nitriles is 1. The van der Waals surface area contributed by atoms with Gasteiger partial charge in [-0.2, -0.15) is 5.26 Å². The normalized spacial score (nSPS) is 12.1. The van der Waals surface area contributed by atoms with Crippen molar-refractivity contribution < 1.29 is 14.2 Å². The largest absolute Gasteiger partial charge is 0.391 e. The van der Waals surface area contributed by atoms with Crippen molar-refractivity contribution in [3.63, 3.8) is 0 Å². The molecule has 1 rings (SSSR count). The Morgan fingerprint density at radius 3 is 3.00 bits per heavy atom. The molecule has 1 aromatic carbocycles. The molecule has 1 aromatic rings. The van der Waals surface area contributed by atoms with Crippen LogP contribution in [0.5, 0.6) is 0 Å². The first-order valence-corrected chi connectivity index (χ1v) is 5.73. The van der Waals surface area contributed by atoms with Crippen molar-refractivity contribution in [3.8, 4) is 6.07 Å². The summed E-state index contributed by atoms with van der Waals surface area (Å²) in [5.74, 6) is -0.334. The number of nitrogens with zero attached hydrogens (tertiary/aromatic N) is 1. The lowest BCUT2D eigenvalue weighted by atomic mass is 10.1. The molecule has 18 heavy (non-hydrogen) atoms. The van der Waals surface area contributed by atoms with Gasteiger partial charge in [-0.25, -0.2) is 4.39 Å². The Balaban J connectivity index is 2.37. The number of benzene rings is 1. The molecule has 5 heteroatoms. The predicted octanol–water partition coefficient (Wildman–Crippen LogP) is 1.18. The molecule has 1 unspecified atom stereocenters. The Kier molecular flexibility index (Phi) is 6.29. The van der Waals surface area contributed by atoms with Gasteiger partial charge in [0.25, 0.3) is 0 Å². The molecular formula is C13H17FN2O2.